The Balaban J connectivity index is 2.98. The molecule has 0 radical (unpaired) electrons. The summed E-state index contributed by atoms with van der Waals surface area (Å²) in [4.78, 5) is 0. The SMILES string of the molecule is C[Si](C)(C)C#Cc1ccc(F)c(Cl)c1. The van der Waals surface area contributed by atoms with E-state index in [1.807, 2.05) is 0 Å². The second-order valence-electron chi connectivity index (χ2n) is 4.13. The summed E-state index contributed by atoms with van der Waals surface area (Å²) in [6.45, 7) is 6.47. The van der Waals surface area contributed by atoms with E-state index in [1.165, 1.54) is 6.07 Å². The lowest BCUT2D eigenvalue weighted by atomic mass is 10.2. The molecule has 3 heteroatoms. The first-order valence-corrected chi connectivity index (χ1v) is 8.24. The van der Waals surface area contributed by atoms with Gasteiger partial charge in [0.1, 0.15) is 13.9 Å². The van der Waals surface area contributed by atoms with Crippen molar-refractivity contribution in [3.63, 3.8) is 0 Å². The smallest absolute Gasteiger partial charge is 0.141 e. The summed E-state index contributed by atoms with van der Waals surface area (Å²) in [6, 6.07) is 4.55. The number of halogens is 2. The number of hydrogen-bond acceptors (Lipinski definition) is 0. The van der Waals surface area contributed by atoms with Gasteiger partial charge >= 0.3 is 0 Å². The molecule has 1 aromatic rings. The highest BCUT2D eigenvalue weighted by Gasteiger charge is 2.07. The molecule has 0 nitrogen and oxygen atoms in total. The summed E-state index contributed by atoms with van der Waals surface area (Å²) >= 11 is 5.63. The van der Waals surface area contributed by atoms with Crippen molar-refractivity contribution in [3.05, 3.63) is 34.6 Å². The zero-order valence-corrected chi connectivity index (χ0v) is 10.2. The van der Waals surface area contributed by atoms with Crippen LogP contribution in [-0.2, 0) is 0 Å². The van der Waals surface area contributed by atoms with Crippen LogP contribution in [0.15, 0.2) is 18.2 Å². The van der Waals surface area contributed by atoms with Gasteiger partial charge in [0.05, 0.1) is 5.02 Å². The summed E-state index contributed by atoms with van der Waals surface area (Å²) in [5, 5.41) is 0.132. The average molecular weight is 227 g/mol. The second-order valence-corrected chi connectivity index (χ2v) is 9.29. The first-order valence-electron chi connectivity index (χ1n) is 4.37. The van der Waals surface area contributed by atoms with Crippen LogP contribution in [-0.4, -0.2) is 8.07 Å². The maximum Gasteiger partial charge on any atom is 0.141 e. The first-order chi connectivity index (χ1) is 6.38. The first kappa shape index (κ1) is 11.3. The third kappa shape index (κ3) is 3.53. The lowest BCUT2D eigenvalue weighted by Gasteiger charge is -2.03. The van der Waals surface area contributed by atoms with Crippen molar-refractivity contribution in [1.82, 2.24) is 0 Å². The Morgan fingerprint density at radius 2 is 1.93 bits per heavy atom. The van der Waals surface area contributed by atoms with Crippen molar-refractivity contribution in [3.8, 4) is 11.5 Å². The fourth-order valence-electron chi connectivity index (χ4n) is 0.834. The zero-order valence-electron chi connectivity index (χ0n) is 8.49. The standard InChI is InChI=1S/C11H12ClFSi/c1-14(2,3)7-6-9-4-5-11(13)10(12)8-9/h4-5,8H,1-3H3. The molecule has 1 aromatic carbocycles. The summed E-state index contributed by atoms with van der Waals surface area (Å²) in [7, 11) is -1.37. The molecule has 1 rings (SSSR count). The van der Waals surface area contributed by atoms with Gasteiger partial charge in [-0.3, -0.25) is 0 Å². The molecule has 74 valence electrons. The van der Waals surface area contributed by atoms with E-state index >= 15 is 0 Å². The number of benzene rings is 1. The minimum atomic E-state index is -1.37. The maximum absolute atomic E-state index is 12.8. The van der Waals surface area contributed by atoms with E-state index in [2.05, 4.69) is 31.1 Å². The molecule has 0 spiro atoms. The van der Waals surface area contributed by atoms with Gasteiger partial charge in [0.15, 0.2) is 0 Å². The van der Waals surface area contributed by atoms with Crippen LogP contribution in [0.3, 0.4) is 0 Å². The molecular weight excluding hydrogens is 215 g/mol. The van der Waals surface area contributed by atoms with Gasteiger partial charge in [0.2, 0.25) is 0 Å². The summed E-state index contributed by atoms with van der Waals surface area (Å²) < 4.78 is 12.8. The van der Waals surface area contributed by atoms with Crippen molar-refractivity contribution in [2.24, 2.45) is 0 Å². The van der Waals surface area contributed by atoms with Crippen molar-refractivity contribution >= 4 is 19.7 Å². The van der Waals surface area contributed by atoms with Gasteiger partial charge in [-0.05, 0) is 18.2 Å². The fourth-order valence-corrected chi connectivity index (χ4v) is 1.53. The van der Waals surface area contributed by atoms with E-state index in [0.717, 1.165) is 5.56 Å². The molecule has 0 unspecified atom stereocenters. The predicted octanol–water partition coefficient (Wildman–Crippen LogP) is 3.71. The van der Waals surface area contributed by atoms with Crippen LogP contribution >= 0.6 is 11.6 Å². The molecule has 0 saturated carbocycles. The molecule has 0 amide bonds. The zero-order chi connectivity index (χ0) is 10.8. The highest BCUT2D eigenvalue weighted by atomic mass is 35.5. The van der Waals surface area contributed by atoms with Gasteiger partial charge in [-0.2, -0.15) is 0 Å². The Morgan fingerprint density at radius 1 is 1.29 bits per heavy atom. The topological polar surface area (TPSA) is 0 Å². The highest BCUT2D eigenvalue weighted by Crippen LogP contribution is 2.15. The maximum atomic E-state index is 12.8. The lowest BCUT2D eigenvalue weighted by Crippen LogP contribution is -2.16. The quantitative estimate of drug-likeness (QED) is 0.467. The van der Waals surface area contributed by atoms with Gasteiger partial charge in [-0.25, -0.2) is 4.39 Å². The van der Waals surface area contributed by atoms with Crippen LogP contribution in [0.1, 0.15) is 5.56 Å². The van der Waals surface area contributed by atoms with Gasteiger partial charge in [-0.1, -0.05) is 37.2 Å². The van der Waals surface area contributed by atoms with E-state index in [0.29, 0.717) is 0 Å². The summed E-state index contributed by atoms with van der Waals surface area (Å²) in [5.41, 5.74) is 3.97. The van der Waals surface area contributed by atoms with Crippen LogP contribution in [0.25, 0.3) is 0 Å². The molecule has 14 heavy (non-hydrogen) atoms. The fraction of sp³-hybridized carbons (Fsp3) is 0.273. The minimum absolute atomic E-state index is 0.132. The van der Waals surface area contributed by atoms with Crippen LogP contribution in [0.2, 0.25) is 24.7 Å². The molecule has 0 heterocycles. The summed E-state index contributed by atoms with van der Waals surface area (Å²) in [5.74, 6) is 2.62. The van der Waals surface area contributed by atoms with E-state index in [-0.39, 0.29) is 5.02 Å². The van der Waals surface area contributed by atoms with Gasteiger partial charge in [-0.15, -0.1) is 5.54 Å². The van der Waals surface area contributed by atoms with Gasteiger partial charge in [0.25, 0.3) is 0 Å². The summed E-state index contributed by atoms with van der Waals surface area (Å²) in [6.07, 6.45) is 0. The second kappa shape index (κ2) is 4.16. The Labute approximate surface area is 90.1 Å². The van der Waals surface area contributed by atoms with E-state index in [9.17, 15) is 4.39 Å². The minimum Gasteiger partial charge on any atom is -0.205 e. The van der Waals surface area contributed by atoms with Gasteiger partial charge in [0, 0.05) is 5.56 Å². The van der Waals surface area contributed by atoms with Crippen molar-refractivity contribution in [1.29, 1.82) is 0 Å². The third-order valence-electron chi connectivity index (χ3n) is 1.50. The third-order valence-corrected chi connectivity index (χ3v) is 2.67. The van der Waals surface area contributed by atoms with E-state index in [1.54, 1.807) is 12.1 Å². The number of rotatable bonds is 0. The Hall–Kier alpha value is -0.783. The molecule has 0 saturated heterocycles. The molecule has 0 aliphatic rings. The predicted molar refractivity (Wildman–Crippen MR) is 61.6 cm³/mol. The molecule has 0 aliphatic carbocycles. The monoisotopic (exact) mass is 226 g/mol. The molecule has 0 fully saturated rings. The molecular formula is C11H12ClFSi. The molecule has 0 N–H and O–H groups in total. The van der Waals surface area contributed by atoms with E-state index < -0.39 is 13.9 Å². The molecule has 0 aromatic heterocycles. The molecule has 0 bridgehead atoms. The van der Waals surface area contributed by atoms with Gasteiger partial charge < -0.3 is 0 Å². The van der Waals surface area contributed by atoms with Crippen molar-refractivity contribution in [2.75, 3.05) is 0 Å². The van der Waals surface area contributed by atoms with Crippen LogP contribution < -0.4 is 0 Å². The Bertz CT molecular complexity index is 396. The van der Waals surface area contributed by atoms with Crippen molar-refractivity contribution in [2.45, 2.75) is 19.6 Å². The average Bonchev–Trinajstić information content (AvgIpc) is 2.06. The van der Waals surface area contributed by atoms with Crippen LogP contribution in [0.5, 0.6) is 0 Å². The highest BCUT2D eigenvalue weighted by molar-refractivity contribution is 6.83. The largest absolute Gasteiger partial charge is 0.205 e. The van der Waals surface area contributed by atoms with E-state index in [4.69, 9.17) is 11.6 Å². The normalized spacial score (nSPS) is 10.6. The molecule has 0 atom stereocenters. The van der Waals surface area contributed by atoms with Crippen molar-refractivity contribution < 1.29 is 4.39 Å². The van der Waals surface area contributed by atoms with Crippen LogP contribution in [0, 0.1) is 17.3 Å². The lowest BCUT2D eigenvalue weighted by molar-refractivity contribution is 0.628. The Kier molecular flexibility index (Phi) is 3.36. The Morgan fingerprint density at radius 3 is 2.43 bits per heavy atom. The molecule has 0 aliphatic heterocycles. The number of hydrogen-bond donors (Lipinski definition) is 0. The van der Waals surface area contributed by atoms with Crippen LogP contribution in [0.4, 0.5) is 4.39 Å².